The lowest BCUT2D eigenvalue weighted by Crippen LogP contribution is -2.13. The molecule has 0 atom stereocenters. The minimum atomic E-state index is -0.215. The summed E-state index contributed by atoms with van der Waals surface area (Å²) in [6, 6.07) is 5.76. The van der Waals surface area contributed by atoms with Crippen LogP contribution >= 0.6 is 0 Å². The molecule has 0 fully saturated rings. The van der Waals surface area contributed by atoms with Gasteiger partial charge in [-0.2, -0.15) is 5.10 Å². The first-order valence-electron chi connectivity index (χ1n) is 9.33. The molecule has 3 heterocycles. The normalized spacial score (nSPS) is 11.2. The topological polar surface area (TPSA) is 90.6 Å². The van der Waals surface area contributed by atoms with E-state index in [2.05, 4.69) is 22.0 Å². The second-order valence-corrected chi connectivity index (χ2v) is 6.52. The lowest BCUT2D eigenvalue weighted by molar-refractivity contribution is 0.341. The van der Waals surface area contributed by atoms with E-state index in [-0.39, 0.29) is 5.56 Å². The van der Waals surface area contributed by atoms with Gasteiger partial charge in [0.1, 0.15) is 17.1 Å². The van der Waals surface area contributed by atoms with Gasteiger partial charge in [-0.1, -0.05) is 13.3 Å². The zero-order valence-corrected chi connectivity index (χ0v) is 16.1. The first-order chi connectivity index (χ1) is 13.6. The fourth-order valence-electron chi connectivity index (χ4n) is 3.34. The van der Waals surface area contributed by atoms with E-state index in [4.69, 9.17) is 9.72 Å². The largest absolute Gasteiger partial charge is 0.493 e. The van der Waals surface area contributed by atoms with Gasteiger partial charge in [0.05, 0.1) is 24.2 Å². The third kappa shape index (κ3) is 3.06. The molecule has 4 aromatic rings. The van der Waals surface area contributed by atoms with E-state index in [9.17, 15) is 4.79 Å². The number of H-pyrrole nitrogens is 1. The summed E-state index contributed by atoms with van der Waals surface area (Å²) >= 11 is 0. The number of aromatic nitrogens is 6. The zero-order valence-electron chi connectivity index (χ0n) is 16.1. The Morgan fingerprint density at radius 2 is 2.11 bits per heavy atom. The molecule has 0 radical (unpaired) electrons. The highest BCUT2D eigenvalue weighted by Gasteiger charge is 2.17. The van der Waals surface area contributed by atoms with Crippen LogP contribution in [0, 0.1) is 0 Å². The third-order valence-electron chi connectivity index (χ3n) is 4.57. The van der Waals surface area contributed by atoms with Crippen LogP contribution in [0.25, 0.3) is 28.1 Å². The van der Waals surface area contributed by atoms with Crippen LogP contribution < -0.4 is 10.3 Å². The lowest BCUT2D eigenvalue weighted by Gasteiger charge is -2.12. The number of imidazole rings is 1. The maximum Gasteiger partial charge on any atom is 0.277 e. The first kappa shape index (κ1) is 18.0. The van der Waals surface area contributed by atoms with Crippen molar-refractivity contribution in [3.63, 3.8) is 0 Å². The van der Waals surface area contributed by atoms with Gasteiger partial charge in [0.15, 0.2) is 5.52 Å². The SMILES string of the molecule is CCCc1nn(C)c2c(=O)[nH]c(-c3cc(-n4ccnc4)ccc3OCC)nc12. The molecule has 0 unspecified atom stereocenters. The number of aryl methyl sites for hydroxylation is 2. The average Bonchev–Trinajstić information content (AvgIpc) is 3.32. The van der Waals surface area contributed by atoms with Crippen LogP contribution in [0.1, 0.15) is 26.0 Å². The molecule has 0 saturated carbocycles. The molecule has 3 aromatic heterocycles. The summed E-state index contributed by atoms with van der Waals surface area (Å²) in [7, 11) is 1.77. The van der Waals surface area contributed by atoms with Gasteiger partial charge in [-0.25, -0.2) is 9.97 Å². The zero-order chi connectivity index (χ0) is 19.7. The van der Waals surface area contributed by atoms with Crippen molar-refractivity contribution in [3.05, 3.63) is 53.0 Å². The number of nitrogens with one attached hydrogen (secondary N) is 1. The molecule has 0 aliphatic carbocycles. The predicted molar refractivity (Wildman–Crippen MR) is 107 cm³/mol. The van der Waals surface area contributed by atoms with Gasteiger partial charge in [-0.15, -0.1) is 0 Å². The monoisotopic (exact) mass is 378 g/mol. The number of benzene rings is 1. The second-order valence-electron chi connectivity index (χ2n) is 6.52. The first-order valence-corrected chi connectivity index (χ1v) is 9.33. The molecule has 0 amide bonds. The molecule has 0 spiro atoms. The van der Waals surface area contributed by atoms with Crippen LogP contribution in [-0.4, -0.2) is 35.9 Å². The van der Waals surface area contributed by atoms with Crippen molar-refractivity contribution in [3.8, 4) is 22.8 Å². The Morgan fingerprint density at radius 1 is 1.25 bits per heavy atom. The molecule has 4 rings (SSSR count). The Hall–Kier alpha value is -3.42. The van der Waals surface area contributed by atoms with E-state index in [0.717, 1.165) is 29.8 Å². The summed E-state index contributed by atoms with van der Waals surface area (Å²) in [5.41, 5.74) is 3.36. The van der Waals surface area contributed by atoms with E-state index in [0.29, 0.717) is 29.2 Å². The average molecular weight is 378 g/mol. The number of nitrogens with zero attached hydrogens (tertiary/aromatic N) is 5. The molecule has 1 aromatic carbocycles. The summed E-state index contributed by atoms with van der Waals surface area (Å²) in [5, 5.41) is 4.48. The maximum absolute atomic E-state index is 12.8. The van der Waals surface area contributed by atoms with Crippen molar-refractivity contribution in [1.29, 1.82) is 0 Å². The molecule has 1 N–H and O–H groups in total. The molecule has 144 valence electrons. The smallest absolute Gasteiger partial charge is 0.277 e. The number of hydrogen-bond donors (Lipinski definition) is 1. The highest BCUT2D eigenvalue weighted by atomic mass is 16.5. The van der Waals surface area contributed by atoms with E-state index in [1.54, 1.807) is 24.3 Å². The van der Waals surface area contributed by atoms with Crippen molar-refractivity contribution in [2.45, 2.75) is 26.7 Å². The summed E-state index contributed by atoms with van der Waals surface area (Å²) < 4.78 is 9.28. The quantitative estimate of drug-likeness (QED) is 0.557. The third-order valence-corrected chi connectivity index (χ3v) is 4.57. The Labute approximate surface area is 161 Å². The van der Waals surface area contributed by atoms with E-state index in [1.807, 2.05) is 35.9 Å². The molecule has 0 aliphatic heterocycles. The van der Waals surface area contributed by atoms with Gasteiger partial charge in [0.25, 0.3) is 5.56 Å². The van der Waals surface area contributed by atoms with Crippen LogP contribution in [0.5, 0.6) is 5.75 Å². The molecule has 8 heteroatoms. The molecule has 8 nitrogen and oxygen atoms in total. The van der Waals surface area contributed by atoms with Gasteiger partial charge < -0.3 is 14.3 Å². The van der Waals surface area contributed by atoms with E-state index in [1.165, 1.54) is 0 Å². The van der Waals surface area contributed by atoms with Crippen LogP contribution in [0.15, 0.2) is 41.7 Å². The van der Waals surface area contributed by atoms with Gasteiger partial charge in [-0.05, 0) is 31.5 Å². The van der Waals surface area contributed by atoms with Crippen LogP contribution in [0.2, 0.25) is 0 Å². The standard InChI is InChI=1S/C20H22N6O2/c1-4-6-15-17-18(25(3)24-15)20(27)23-19(22-17)14-11-13(26-10-9-21-12-26)7-8-16(14)28-5-2/h7-12H,4-6H2,1-3H3,(H,22,23,27). The van der Waals surface area contributed by atoms with Gasteiger partial charge in [0, 0.05) is 25.1 Å². The minimum absolute atomic E-state index is 0.215. The second kappa shape index (κ2) is 7.30. The fraction of sp³-hybridized carbons (Fsp3) is 0.300. The molecule has 0 saturated heterocycles. The Balaban J connectivity index is 1.94. The molecule has 0 bridgehead atoms. The van der Waals surface area contributed by atoms with Crippen molar-refractivity contribution in [2.24, 2.45) is 7.05 Å². The maximum atomic E-state index is 12.8. The number of hydrogen-bond acceptors (Lipinski definition) is 5. The predicted octanol–water partition coefficient (Wildman–Crippen LogP) is 2.86. The van der Waals surface area contributed by atoms with Crippen LogP contribution in [0.4, 0.5) is 0 Å². The van der Waals surface area contributed by atoms with Crippen molar-refractivity contribution < 1.29 is 4.74 Å². The van der Waals surface area contributed by atoms with Gasteiger partial charge >= 0.3 is 0 Å². The fourth-order valence-corrected chi connectivity index (χ4v) is 3.34. The van der Waals surface area contributed by atoms with Crippen molar-refractivity contribution in [1.82, 2.24) is 29.3 Å². The number of rotatable bonds is 6. The van der Waals surface area contributed by atoms with Crippen LogP contribution in [0.3, 0.4) is 0 Å². The van der Waals surface area contributed by atoms with Crippen molar-refractivity contribution >= 4 is 11.0 Å². The Morgan fingerprint density at radius 3 is 2.82 bits per heavy atom. The number of aromatic amines is 1. The van der Waals surface area contributed by atoms with Crippen LogP contribution in [-0.2, 0) is 13.5 Å². The number of fused-ring (bicyclic) bond motifs is 1. The number of ether oxygens (including phenoxy) is 1. The van der Waals surface area contributed by atoms with E-state index >= 15 is 0 Å². The van der Waals surface area contributed by atoms with Crippen molar-refractivity contribution in [2.75, 3.05) is 6.61 Å². The molecule has 0 aliphatic rings. The Bertz CT molecular complexity index is 1170. The minimum Gasteiger partial charge on any atom is -0.493 e. The molecular formula is C20H22N6O2. The van der Waals surface area contributed by atoms with Gasteiger partial charge in [0.2, 0.25) is 0 Å². The lowest BCUT2D eigenvalue weighted by atomic mass is 10.1. The van der Waals surface area contributed by atoms with Gasteiger partial charge in [-0.3, -0.25) is 9.48 Å². The molecular weight excluding hydrogens is 356 g/mol. The summed E-state index contributed by atoms with van der Waals surface area (Å²) in [5.74, 6) is 1.13. The summed E-state index contributed by atoms with van der Waals surface area (Å²) in [4.78, 5) is 24.5. The highest BCUT2D eigenvalue weighted by Crippen LogP contribution is 2.30. The summed E-state index contributed by atoms with van der Waals surface area (Å²) in [6.07, 6.45) is 6.99. The van der Waals surface area contributed by atoms with E-state index < -0.39 is 0 Å². The highest BCUT2D eigenvalue weighted by molar-refractivity contribution is 5.80. The Kier molecular flexibility index (Phi) is 4.68. The summed E-state index contributed by atoms with van der Waals surface area (Å²) in [6.45, 7) is 4.52. The molecule has 28 heavy (non-hydrogen) atoms.